The number of amides is 3. The molecule has 0 saturated heterocycles. The molecule has 4 atom stereocenters. The number of rotatable bonds is 8. The Morgan fingerprint density at radius 1 is 1.16 bits per heavy atom. The molecule has 2 heterocycles. The van der Waals surface area contributed by atoms with Crippen LogP contribution in [-0.4, -0.2) is 92.0 Å². The molecule has 3 amide bonds. The second kappa shape index (κ2) is 16.5. The third kappa shape index (κ3) is 9.70. The number of hydrogen-bond acceptors (Lipinski definition) is 9. The van der Waals surface area contributed by atoms with Gasteiger partial charge in [-0.1, -0.05) is 12.1 Å². The van der Waals surface area contributed by atoms with Crippen molar-refractivity contribution in [2.45, 2.75) is 77.0 Å². The molecule has 3 N–H and O–H groups in total. The zero-order valence-electron chi connectivity index (χ0n) is 28.7. The smallest absolute Gasteiger partial charge is 0.321 e. The average molecular weight is 704 g/mol. The number of hydrogen-bond donors (Lipinski definition) is 3. The van der Waals surface area contributed by atoms with Crippen molar-refractivity contribution in [3.8, 4) is 5.75 Å². The molecular formula is C34H46FN5O8S. The van der Waals surface area contributed by atoms with Gasteiger partial charge in [-0.2, -0.15) is 0 Å². The first-order valence-electron chi connectivity index (χ1n) is 16.3. The van der Waals surface area contributed by atoms with Crippen molar-refractivity contribution in [1.29, 1.82) is 0 Å². The minimum absolute atomic E-state index is 0.101. The molecule has 1 aromatic heterocycles. The number of likely N-dealkylation sites (N-methyl/N-ethyl adjacent to an activating group) is 1. The van der Waals surface area contributed by atoms with Crippen LogP contribution in [0, 0.1) is 25.6 Å². The molecule has 1 aliphatic rings. The molecule has 2 aromatic carbocycles. The zero-order chi connectivity index (χ0) is 35.9. The number of halogens is 1. The van der Waals surface area contributed by atoms with Crippen LogP contribution < -0.4 is 14.8 Å². The number of urea groups is 1. The molecule has 0 unspecified atom stereocenters. The molecule has 13 nitrogen and oxygen atoms in total. The molecule has 4 rings (SSSR count). The minimum atomic E-state index is -4.11. The summed E-state index contributed by atoms with van der Waals surface area (Å²) in [7, 11) is -2.46. The Bertz CT molecular complexity index is 1680. The van der Waals surface area contributed by atoms with Crippen molar-refractivity contribution >= 4 is 33.3 Å². The summed E-state index contributed by atoms with van der Waals surface area (Å²) < 4.78 is 59.8. The number of carbonyl (C=O) groups is 2. The van der Waals surface area contributed by atoms with E-state index in [2.05, 4.69) is 15.2 Å². The van der Waals surface area contributed by atoms with Crippen LogP contribution in [0.5, 0.6) is 5.75 Å². The maximum absolute atomic E-state index is 14.3. The summed E-state index contributed by atoms with van der Waals surface area (Å²) in [5.74, 6) is -0.615. The summed E-state index contributed by atoms with van der Waals surface area (Å²) in [4.78, 5) is 30.4. The number of aryl methyl sites for hydroxylation is 2. The molecule has 0 radical (unpaired) electrons. The van der Waals surface area contributed by atoms with Crippen molar-refractivity contribution < 1.29 is 41.5 Å². The van der Waals surface area contributed by atoms with E-state index < -0.39 is 33.9 Å². The Morgan fingerprint density at radius 3 is 2.53 bits per heavy atom. The molecule has 15 heteroatoms. The van der Waals surface area contributed by atoms with Gasteiger partial charge >= 0.3 is 6.03 Å². The topological polar surface area (TPSA) is 164 Å². The zero-order valence-corrected chi connectivity index (χ0v) is 29.5. The predicted molar refractivity (Wildman–Crippen MR) is 182 cm³/mol. The molecule has 3 aromatic rings. The van der Waals surface area contributed by atoms with Crippen LogP contribution in [0.25, 0.3) is 0 Å². The van der Waals surface area contributed by atoms with Crippen LogP contribution in [0.3, 0.4) is 0 Å². The Balaban J connectivity index is 1.63. The highest BCUT2D eigenvalue weighted by Gasteiger charge is 2.31. The van der Waals surface area contributed by atoms with Crippen molar-refractivity contribution in [3.63, 3.8) is 0 Å². The number of nitrogens with one attached hydrogen (secondary N) is 2. The van der Waals surface area contributed by atoms with E-state index in [1.54, 1.807) is 33.9 Å². The number of carbonyl (C=O) groups excluding carboxylic acids is 2. The summed E-state index contributed by atoms with van der Waals surface area (Å²) in [5.41, 5.74) is 1.26. The highest BCUT2D eigenvalue weighted by atomic mass is 32.2. The first-order chi connectivity index (χ1) is 23.2. The Morgan fingerprint density at radius 2 is 1.88 bits per heavy atom. The van der Waals surface area contributed by atoms with Crippen molar-refractivity contribution in [2.24, 2.45) is 5.92 Å². The normalized spacial score (nSPS) is 20.0. The molecule has 49 heavy (non-hydrogen) atoms. The first kappa shape index (κ1) is 37.6. The number of aliphatic hydroxyl groups excluding tert-OH is 1. The minimum Gasteiger partial charge on any atom is -0.490 e. The van der Waals surface area contributed by atoms with Gasteiger partial charge in [0.25, 0.3) is 15.9 Å². The molecular weight excluding hydrogens is 657 g/mol. The fourth-order valence-electron chi connectivity index (χ4n) is 5.49. The fourth-order valence-corrected chi connectivity index (χ4v) is 6.54. The summed E-state index contributed by atoms with van der Waals surface area (Å²) in [6, 6.07) is 7.83. The van der Waals surface area contributed by atoms with Gasteiger partial charge in [-0.05, 0) is 89.4 Å². The largest absolute Gasteiger partial charge is 0.490 e. The molecule has 1 aliphatic heterocycles. The summed E-state index contributed by atoms with van der Waals surface area (Å²) in [5, 5.41) is 16.9. The number of anilines is 2. The summed E-state index contributed by atoms with van der Waals surface area (Å²) in [6.45, 7) is 9.38. The van der Waals surface area contributed by atoms with Gasteiger partial charge in [0.2, 0.25) is 0 Å². The molecule has 0 fully saturated rings. The van der Waals surface area contributed by atoms with Gasteiger partial charge in [-0.15, -0.1) is 0 Å². The number of fused-ring (bicyclic) bond motifs is 1. The number of ether oxygens (including phenoxy) is 2. The third-order valence-corrected chi connectivity index (χ3v) is 9.89. The monoisotopic (exact) mass is 703 g/mol. The second-order valence-electron chi connectivity index (χ2n) is 12.6. The van der Waals surface area contributed by atoms with E-state index in [1.807, 2.05) is 13.8 Å². The van der Waals surface area contributed by atoms with Gasteiger partial charge in [0.1, 0.15) is 22.9 Å². The predicted octanol–water partition coefficient (Wildman–Crippen LogP) is 5.19. The van der Waals surface area contributed by atoms with Gasteiger partial charge in [0, 0.05) is 38.3 Å². The van der Waals surface area contributed by atoms with E-state index in [-0.39, 0.29) is 59.6 Å². The molecule has 0 saturated carbocycles. The first-order valence-corrected chi connectivity index (χ1v) is 17.8. The number of nitrogens with zero attached hydrogens (tertiary/aromatic N) is 3. The highest BCUT2D eigenvalue weighted by Crippen LogP contribution is 2.30. The summed E-state index contributed by atoms with van der Waals surface area (Å²) >= 11 is 0. The average Bonchev–Trinajstić information content (AvgIpc) is 3.38. The Kier molecular flexibility index (Phi) is 12.6. The lowest BCUT2D eigenvalue weighted by Crippen LogP contribution is -2.48. The van der Waals surface area contributed by atoms with Gasteiger partial charge in [0.05, 0.1) is 35.3 Å². The number of aromatic nitrogens is 1. The fraction of sp³-hybridized carbons (Fsp3) is 0.500. The van der Waals surface area contributed by atoms with E-state index in [0.29, 0.717) is 30.2 Å². The lowest BCUT2D eigenvalue weighted by molar-refractivity contribution is -0.0115. The SMILES string of the molecule is Cc1noc(C)c1NC(=O)N(C)C[C@@H]1OCCCC[C@@H](C)Oc2ccc(NS(=O)(=O)c3ccc(F)cc3)cc2C(=O)N([C@H](C)CO)C[C@@H]1C. The van der Waals surface area contributed by atoms with E-state index >= 15 is 0 Å². The van der Waals surface area contributed by atoms with Gasteiger partial charge in [-0.3, -0.25) is 9.52 Å². The van der Waals surface area contributed by atoms with Gasteiger partial charge < -0.3 is 34.2 Å². The number of benzene rings is 2. The van der Waals surface area contributed by atoms with Crippen molar-refractivity contribution in [1.82, 2.24) is 15.0 Å². The lowest BCUT2D eigenvalue weighted by atomic mass is 10.0. The quantitative estimate of drug-likeness (QED) is 0.287. The van der Waals surface area contributed by atoms with Crippen LogP contribution in [0.15, 0.2) is 51.9 Å². The maximum Gasteiger partial charge on any atom is 0.321 e. The second-order valence-corrected chi connectivity index (χ2v) is 14.3. The van der Waals surface area contributed by atoms with Gasteiger partial charge in [-0.25, -0.2) is 17.6 Å². The molecule has 0 spiro atoms. The van der Waals surface area contributed by atoms with Crippen LogP contribution in [-0.2, 0) is 14.8 Å². The molecule has 268 valence electrons. The Labute approximate surface area is 286 Å². The van der Waals surface area contributed by atoms with Crippen LogP contribution in [0.2, 0.25) is 0 Å². The van der Waals surface area contributed by atoms with E-state index in [0.717, 1.165) is 37.1 Å². The molecule has 0 bridgehead atoms. The number of sulfonamides is 1. The Hall–Kier alpha value is -4.21. The van der Waals surface area contributed by atoms with Crippen molar-refractivity contribution in [3.05, 3.63) is 65.3 Å². The van der Waals surface area contributed by atoms with E-state index in [1.165, 1.54) is 21.9 Å². The van der Waals surface area contributed by atoms with Crippen molar-refractivity contribution in [2.75, 3.05) is 43.4 Å². The highest BCUT2D eigenvalue weighted by molar-refractivity contribution is 7.92. The van der Waals surface area contributed by atoms with Gasteiger partial charge in [0.15, 0.2) is 5.76 Å². The third-order valence-electron chi connectivity index (χ3n) is 8.49. The number of aliphatic hydroxyl groups is 1. The van der Waals surface area contributed by atoms with E-state index in [4.69, 9.17) is 14.0 Å². The van der Waals surface area contributed by atoms with Crippen LogP contribution in [0.4, 0.5) is 20.6 Å². The summed E-state index contributed by atoms with van der Waals surface area (Å²) in [6.07, 6.45) is 1.41. The van der Waals surface area contributed by atoms with Crippen LogP contribution in [0.1, 0.15) is 61.8 Å². The van der Waals surface area contributed by atoms with Crippen LogP contribution >= 0.6 is 0 Å². The lowest BCUT2D eigenvalue weighted by Gasteiger charge is -2.35. The maximum atomic E-state index is 14.3. The van der Waals surface area contributed by atoms with E-state index in [9.17, 15) is 27.5 Å². The molecule has 0 aliphatic carbocycles. The standard InChI is InChI=1S/C34H46FN5O8S/c1-21-18-40(22(2)20-41)33(42)29-17-27(38-49(44,45)28-13-10-26(35)11-14-28)12-15-30(29)47-23(3)9-7-8-16-46-31(21)19-39(6)34(43)36-32-24(4)37-48-25(32)5/h10-15,17,21-23,31,38,41H,7-9,16,18-20H2,1-6H3,(H,36,43)/t21-,22+,23+,31-/m0/s1.